The fourth-order valence-electron chi connectivity index (χ4n) is 2.40. The Morgan fingerprint density at radius 2 is 1.73 bits per heavy atom. The maximum absolute atomic E-state index is 14.0. The molecule has 9 heteroatoms. The number of halogens is 5. The van der Waals surface area contributed by atoms with Gasteiger partial charge in [-0.1, -0.05) is 52.3 Å². The summed E-state index contributed by atoms with van der Waals surface area (Å²) in [6, 6.07) is 11.7. The van der Waals surface area contributed by atoms with E-state index in [4.69, 9.17) is 0 Å². The highest BCUT2D eigenvalue weighted by Crippen LogP contribution is 2.30. The highest BCUT2D eigenvalue weighted by atomic mass is 79.9. The van der Waals surface area contributed by atoms with Crippen LogP contribution in [0.1, 0.15) is 23.3 Å². The molecular formula is C17H16BrF4NO2S. The summed E-state index contributed by atoms with van der Waals surface area (Å²) in [6.07, 6.45) is -4.75. The number of hydrogen-bond donors (Lipinski definition) is 0. The zero-order valence-corrected chi connectivity index (χ0v) is 16.1. The van der Waals surface area contributed by atoms with Crippen LogP contribution in [0.25, 0.3) is 0 Å². The van der Waals surface area contributed by atoms with E-state index in [2.05, 4.69) is 15.9 Å². The molecule has 0 saturated carbocycles. The lowest BCUT2D eigenvalue weighted by atomic mass is 10.2. The summed E-state index contributed by atoms with van der Waals surface area (Å²) >= 11 is 3.05. The molecule has 0 radical (unpaired) electrons. The molecule has 0 aliphatic heterocycles. The summed E-state index contributed by atoms with van der Waals surface area (Å²) in [4.78, 5) is 0. The molecule has 0 heterocycles. The van der Waals surface area contributed by atoms with E-state index >= 15 is 0 Å². The minimum absolute atomic E-state index is 0.138. The molecule has 0 amide bonds. The first-order valence-corrected chi connectivity index (χ1v) is 9.85. The van der Waals surface area contributed by atoms with Crippen molar-refractivity contribution in [3.8, 4) is 0 Å². The lowest BCUT2D eigenvalue weighted by molar-refractivity contribution is -0.137. The van der Waals surface area contributed by atoms with Crippen molar-refractivity contribution in [1.82, 2.24) is 4.31 Å². The third-order valence-corrected chi connectivity index (χ3v) is 6.43. The van der Waals surface area contributed by atoms with Crippen LogP contribution in [0, 0.1) is 5.82 Å². The van der Waals surface area contributed by atoms with Gasteiger partial charge in [0.05, 0.1) is 5.25 Å². The number of alkyl halides is 3. The second kappa shape index (κ2) is 8.06. The van der Waals surface area contributed by atoms with Gasteiger partial charge >= 0.3 is 6.18 Å². The first kappa shape index (κ1) is 20.9. The molecule has 0 saturated heterocycles. The van der Waals surface area contributed by atoms with Gasteiger partial charge in [0.15, 0.2) is 0 Å². The average molecular weight is 454 g/mol. The molecule has 0 fully saturated rings. The van der Waals surface area contributed by atoms with Gasteiger partial charge in [0.1, 0.15) is 12.4 Å². The number of sulfonamides is 1. The van der Waals surface area contributed by atoms with Crippen molar-refractivity contribution in [3.05, 3.63) is 69.9 Å². The zero-order chi connectivity index (χ0) is 19.5. The Hall–Kier alpha value is -1.45. The molecule has 2 aromatic carbocycles. The Bertz CT molecular complexity index is 857. The predicted molar refractivity (Wildman–Crippen MR) is 94.3 cm³/mol. The maximum Gasteiger partial charge on any atom is 0.402 e. The number of benzene rings is 2. The normalized spacial score (nSPS) is 13.8. The van der Waals surface area contributed by atoms with Crippen LogP contribution in [0.15, 0.2) is 53.0 Å². The van der Waals surface area contributed by atoms with Crippen LogP contribution >= 0.6 is 15.9 Å². The Balaban J connectivity index is 2.40. The van der Waals surface area contributed by atoms with Crippen LogP contribution in [0.5, 0.6) is 0 Å². The summed E-state index contributed by atoms with van der Waals surface area (Å²) in [5.74, 6) is -0.783. The summed E-state index contributed by atoms with van der Waals surface area (Å²) in [5.41, 5.74) is 0.220. The fourth-order valence-corrected chi connectivity index (χ4v) is 4.32. The Kier molecular flexibility index (Phi) is 6.46. The van der Waals surface area contributed by atoms with Crippen molar-refractivity contribution >= 4 is 26.0 Å². The lowest BCUT2D eigenvalue weighted by Crippen LogP contribution is -2.40. The number of hydrogen-bond acceptors (Lipinski definition) is 2. The van der Waals surface area contributed by atoms with Gasteiger partial charge in [-0.15, -0.1) is 0 Å². The van der Waals surface area contributed by atoms with Crippen molar-refractivity contribution < 1.29 is 26.0 Å². The van der Waals surface area contributed by atoms with Gasteiger partial charge in [-0.3, -0.25) is 0 Å². The molecule has 1 atom stereocenters. The zero-order valence-electron chi connectivity index (χ0n) is 13.7. The third-order valence-electron chi connectivity index (χ3n) is 3.79. The van der Waals surface area contributed by atoms with Gasteiger partial charge in [0.2, 0.25) is 10.0 Å². The van der Waals surface area contributed by atoms with E-state index < -0.39 is 40.4 Å². The lowest BCUT2D eigenvalue weighted by Gasteiger charge is -2.27. The summed E-state index contributed by atoms with van der Waals surface area (Å²) in [6.45, 7) is -1.09. The van der Waals surface area contributed by atoms with Gasteiger partial charge in [0, 0.05) is 16.6 Å². The molecule has 0 bridgehead atoms. The van der Waals surface area contributed by atoms with Crippen LogP contribution in [0.2, 0.25) is 0 Å². The average Bonchev–Trinajstić information content (AvgIpc) is 2.55. The highest BCUT2D eigenvalue weighted by Gasteiger charge is 2.39. The molecule has 3 nitrogen and oxygen atoms in total. The molecule has 0 spiro atoms. The Morgan fingerprint density at radius 1 is 1.12 bits per heavy atom. The van der Waals surface area contributed by atoms with Crippen molar-refractivity contribution in [2.45, 2.75) is 24.9 Å². The summed E-state index contributed by atoms with van der Waals surface area (Å²) in [7, 11) is -4.38. The fraction of sp³-hybridized carbons (Fsp3) is 0.294. The van der Waals surface area contributed by atoms with E-state index in [1.54, 1.807) is 18.2 Å². The quantitative estimate of drug-likeness (QED) is 0.574. The van der Waals surface area contributed by atoms with Gasteiger partial charge in [-0.25, -0.2) is 12.8 Å². The van der Waals surface area contributed by atoms with E-state index in [9.17, 15) is 26.0 Å². The van der Waals surface area contributed by atoms with Gasteiger partial charge in [0.25, 0.3) is 0 Å². The Morgan fingerprint density at radius 3 is 2.27 bits per heavy atom. The minimum Gasteiger partial charge on any atom is -0.212 e. The van der Waals surface area contributed by atoms with Crippen LogP contribution in [-0.4, -0.2) is 25.4 Å². The molecule has 2 rings (SSSR count). The summed E-state index contributed by atoms with van der Waals surface area (Å²) < 4.78 is 79.2. The first-order chi connectivity index (χ1) is 12.0. The number of rotatable bonds is 6. The van der Waals surface area contributed by atoms with Gasteiger partial charge in [-0.05, 0) is 24.6 Å². The van der Waals surface area contributed by atoms with Gasteiger partial charge in [-0.2, -0.15) is 17.5 Å². The molecule has 0 aliphatic rings. The van der Waals surface area contributed by atoms with E-state index in [1.807, 2.05) is 0 Å². The topological polar surface area (TPSA) is 37.4 Å². The molecule has 142 valence electrons. The van der Waals surface area contributed by atoms with Crippen LogP contribution < -0.4 is 0 Å². The van der Waals surface area contributed by atoms with Gasteiger partial charge < -0.3 is 0 Å². The van der Waals surface area contributed by atoms with Crippen LogP contribution in [-0.2, 0) is 16.6 Å². The van der Waals surface area contributed by atoms with Crippen molar-refractivity contribution in [3.63, 3.8) is 0 Å². The first-order valence-electron chi connectivity index (χ1n) is 7.55. The molecule has 26 heavy (non-hydrogen) atoms. The third kappa shape index (κ3) is 5.28. The SMILES string of the molecule is CC(c1ccccc1)S(=O)(=O)N(Cc1ccc(Br)cc1F)CC(F)(F)F. The second-order valence-corrected chi connectivity index (χ2v) is 8.89. The molecule has 0 aliphatic carbocycles. The molecule has 0 aromatic heterocycles. The van der Waals surface area contributed by atoms with E-state index in [0.717, 1.165) is 6.07 Å². The molecule has 0 N–H and O–H groups in total. The van der Waals surface area contributed by atoms with Crippen LogP contribution in [0.4, 0.5) is 17.6 Å². The van der Waals surface area contributed by atoms with Crippen molar-refractivity contribution in [2.75, 3.05) is 6.54 Å². The standard InChI is InChI=1S/C17H16BrF4NO2S/c1-12(13-5-3-2-4-6-13)26(24,25)23(11-17(20,21)22)10-14-7-8-15(18)9-16(14)19/h2-9,12H,10-11H2,1H3. The summed E-state index contributed by atoms with van der Waals surface area (Å²) in [5, 5.41) is -1.20. The molecule has 2 aromatic rings. The number of nitrogens with zero attached hydrogens (tertiary/aromatic N) is 1. The second-order valence-electron chi connectivity index (χ2n) is 5.72. The molecule has 1 unspecified atom stereocenters. The maximum atomic E-state index is 14.0. The van der Waals surface area contributed by atoms with Crippen LogP contribution in [0.3, 0.4) is 0 Å². The smallest absolute Gasteiger partial charge is 0.212 e. The highest BCUT2D eigenvalue weighted by molar-refractivity contribution is 9.10. The minimum atomic E-state index is -4.75. The van der Waals surface area contributed by atoms with E-state index in [0.29, 0.717) is 10.0 Å². The predicted octanol–water partition coefficient (Wildman–Crippen LogP) is 5.04. The van der Waals surface area contributed by atoms with E-state index in [1.165, 1.54) is 31.2 Å². The molecular weight excluding hydrogens is 438 g/mol. The monoisotopic (exact) mass is 453 g/mol. The Labute approximate surface area is 157 Å². The van der Waals surface area contributed by atoms with E-state index in [-0.39, 0.29) is 9.87 Å². The van der Waals surface area contributed by atoms with Crippen molar-refractivity contribution in [1.29, 1.82) is 0 Å². The largest absolute Gasteiger partial charge is 0.402 e. The van der Waals surface area contributed by atoms with Crippen molar-refractivity contribution in [2.24, 2.45) is 0 Å².